The third kappa shape index (κ3) is 3.11. The number of ether oxygens (including phenoxy) is 1. The molecule has 18 heavy (non-hydrogen) atoms. The highest BCUT2D eigenvalue weighted by Crippen LogP contribution is 2.24. The summed E-state index contributed by atoms with van der Waals surface area (Å²) in [4.78, 5) is 1.13. The number of rotatable bonds is 4. The molecule has 5 heteroatoms. The van der Waals surface area contributed by atoms with E-state index in [1.807, 2.05) is 35.7 Å². The van der Waals surface area contributed by atoms with Crippen molar-refractivity contribution in [3.05, 3.63) is 50.6 Å². The van der Waals surface area contributed by atoms with Crippen LogP contribution in [0.4, 0.5) is 0 Å². The van der Waals surface area contributed by atoms with Crippen molar-refractivity contribution in [2.75, 3.05) is 0 Å². The van der Waals surface area contributed by atoms with Crippen LogP contribution in [0, 0.1) is 0 Å². The Labute approximate surface area is 118 Å². The van der Waals surface area contributed by atoms with Gasteiger partial charge >= 0.3 is 0 Å². The second-order valence-corrected chi connectivity index (χ2v) is 5.61. The summed E-state index contributed by atoms with van der Waals surface area (Å²) in [6, 6.07) is 9.55. The highest BCUT2D eigenvalue weighted by atomic mass is 79.9. The van der Waals surface area contributed by atoms with Crippen molar-refractivity contribution >= 4 is 33.0 Å². The van der Waals surface area contributed by atoms with Gasteiger partial charge in [0, 0.05) is 20.3 Å². The zero-order valence-corrected chi connectivity index (χ0v) is 12.2. The molecule has 3 nitrogen and oxygen atoms in total. The highest BCUT2D eigenvalue weighted by molar-refractivity contribution is 9.10. The summed E-state index contributed by atoms with van der Waals surface area (Å²) in [6.07, 6.45) is 0. The molecule has 0 aliphatic heterocycles. The molecule has 1 heterocycles. The zero-order chi connectivity index (χ0) is 13.0. The minimum Gasteiger partial charge on any atom is -0.487 e. The van der Waals surface area contributed by atoms with Crippen molar-refractivity contribution in [3.8, 4) is 5.75 Å². The van der Waals surface area contributed by atoms with Crippen molar-refractivity contribution in [2.24, 2.45) is 5.16 Å². The van der Waals surface area contributed by atoms with Crippen molar-refractivity contribution in [3.63, 3.8) is 0 Å². The first-order valence-electron chi connectivity index (χ1n) is 5.34. The molecular weight excluding hydrogens is 314 g/mol. The molecule has 0 aliphatic rings. The van der Waals surface area contributed by atoms with Crippen LogP contribution in [0.3, 0.4) is 0 Å². The van der Waals surface area contributed by atoms with E-state index >= 15 is 0 Å². The van der Waals surface area contributed by atoms with Crippen LogP contribution in [0.5, 0.6) is 5.75 Å². The second kappa shape index (κ2) is 6.02. The number of hydrogen-bond acceptors (Lipinski definition) is 4. The fraction of sp³-hybridized carbons (Fsp3) is 0.154. The molecule has 0 radical (unpaired) electrons. The maximum absolute atomic E-state index is 8.83. The van der Waals surface area contributed by atoms with Crippen LogP contribution in [0.2, 0.25) is 0 Å². The number of halogens is 1. The van der Waals surface area contributed by atoms with E-state index in [1.54, 1.807) is 18.3 Å². The Morgan fingerprint density at radius 2 is 2.22 bits per heavy atom. The van der Waals surface area contributed by atoms with E-state index in [4.69, 9.17) is 9.94 Å². The molecule has 0 aliphatic carbocycles. The van der Waals surface area contributed by atoms with Crippen LogP contribution >= 0.6 is 27.3 Å². The minimum absolute atomic E-state index is 0.506. The van der Waals surface area contributed by atoms with Gasteiger partial charge in [-0.2, -0.15) is 0 Å². The van der Waals surface area contributed by atoms with Crippen molar-refractivity contribution in [2.45, 2.75) is 13.5 Å². The molecule has 2 rings (SSSR count). The summed E-state index contributed by atoms with van der Waals surface area (Å²) in [6.45, 7) is 2.25. The van der Waals surface area contributed by atoms with E-state index in [1.165, 1.54) is 0 Å². The van der Waals surface area contributed by atoms with Gasteiger partial charge in [0.05, 0.1) is 5.71 Å². The van der Waals surface area contributed by atoms with E-state index in [0.29, 0.717) is 12.3 Å². The Balaban J connectivity index is 2.14. The largest absolute Gasteiger partial charge is 0.487 e. The molecule has 0 unspecified atom stereocenters. The topological polar surface area (TPSA) is 41.8 Å². The fourth-order valence-electron chi connectivity index (χ4n) is 1.52. The molecule has 0 spiro atoms. The Bertz CT molecular complexity index is 566. The SMILES string of the molecule is CC(=NO)c1ccccc1OCc1cc(Br)cs1. The minimum atomic E-state index is 0.506. The number of oxime groups is 1. The lowest BCUT2D eigenvalue weighted by Gasteiger charge is -2.09. The van der Waals surface area contributed by atoms with Gasteiger partial charge in [-0.25, -0.2) is 0 Å². The van der Waals surface area contributed by atoms with Gasteiger partial charge in [0.15, 0.2) is 0 Å². The quantitative estimate of drug-likeness (QED) is 0.517. The summed E-state index contributed by atoms with van der Waals surface area (Å²) in [5, 5.41) is 14.1. The predicted octanol–water partition coefficient (Wildman–Crippen LogP) is 4.29. The highest BCUT2D eigenvalue weighted by Gasteiger charge is 2.07. The lowest BCUT2D eigenvalue weighted by Crippen LogP contribution is -2.01. The summed E-state index contributed by atoms with van der Waals surface area (Å²) < 4.78 is 6.82. The van der Waals surface area contributed by atoms with Crippen LogP contribution in [-0.2, 0) is 6.61 Å². The molecule has 2 aromatic rings. The van der Waals surface area contributed by atoms with Crippen LogP contribution in [0.1, 0.15) is 17.4 Å². The molecule has 1 N–H and O–H groups in total. The Kier molecular flexibility index (Phi) is 4.38. The van der Waals surface area contributed by atoms with E-state index < -0.39 is 0 Å². The molecule has 0 saturated heterocycles. The van der Waals surface area contributed by atoms with Crippen LogP contribution in [0.25, 0.3) is 0 Å². The molecular formula is C13H12BrNO2S. The van der Waals surface area contributed by atoms with Gasteiger partial charge in [-0.1, -0.05) is 17.3 Å². The predicted molar refractivity (Wildman–Crippen MR) is 76.8 cm³/mol. The van der Waals surface area contributed by atoms with E-state index in [-0.39, 0.29) is 0 Å². The molecule has 1 aromatic carbocycles. The average molecular weight is 326 g/mol. The van der Waals surface area contributed by atoms with Gasteiger partial charge in [-0.15, -0.1) is 11.3 Å². The third-order valence-electron chi connectivity index (χ3n) is 2.42. The van der Waals surface area contributed by atoms with Crippen molar-refractivity contribution < 1.29 is 9.94 Å². The Morgan fingerprint density at radius 3 is 2.89 bits per heavy atom. The fourth-order valence-corrected chi connectivity index (χ4v) is 2.89. The first-order valence-corrected chi connectivity index (χ1v) is 7.01. The lowest BCUT2D eigenvalue weighted by molar-refractivity contribution is 0.306. The summed E-state index contributed by atoms with van der Waals surface area (Å²) >= 11 is 5.05. The first-order chi connectivity index (χ1) is 8.70. The van der Waals surface area contributed by atoms with Crippen molar-refractivity contribution in [1.82, 2.24) is 0 Å². The summed E-state index contributed by atoms with van der Waals surface area (Å²) in [5.41, 5.74) is 1.34. The maximum atomic E-state index is 8.83. The zero-order valence-electron chi connectivity index (χ0n) is 9.76. The Hall–Kier alpha value is -1.33. The lowest BCUT2D eigenvalue weighted by atomic mass is 10.1. The first kappa shape index (κ1) is 13.1. The monoisotopic (exact) mass is 325 g/mol. The molecule has 0 saturated carbocycles. The van der Waals surface area contributed by atoms with Gasteiger partial charge in [0.2, 0.25) is 0 Å². The number of nitrogens with zero attached hydrogens (tertiary/aromatic N) is 1. The molecule has 0 atom stereocenters. The van der Waals surface area contributed by atoms with E-state index in [9.17, 15) is 0 Å². The molecule has 0 fully saturated rings. The number of hydrogen-bond donors (Lipinski definition) is 1. The van der Waals surface area contributed by atoms with E-state index in [2.05, 4.69) is 21.1 Å². The Morgan fingerprint density at radius 1 is 1.44 bits per heavy atom. The molecule has 1 aromatic heterocycles. The van der Waals surface area contributed by atoms with Crippen LogP contribution in [0.15, 0.2) is 45.3 Å². The molecule has 0 amide bonds. The van der Waals surface area contributed by atoms with Crippen LogP contribution < -0.4 is 4.74 Å². The van der Waals surface area contributed by atoms with Gasteiger partial charge in [0.25, 0.3) is 0 Å². The van der Waals surface area contributed by atoms with Crippen molar-refractivity contribution in [1.29, 1.82) is 0 Å². The van der Waals surface area contributed by atoms with Crippen LogP contribution in [-0.4, -0.2) is 10.9 Å². The second-order valence-electron chi connectivity index (χ2n) is 3.70. The number of para-hydroxylation sites is 1. The van der Waals surface area contributed by atoms with Gasteiger partial charge in [0.1, 0.15) is 12.4 Å². The number of thiophene rings is 1. The average Bonchev–Trinajstić information content (AvgIpc) is 2.81. The summed E-state index contributed by atoms with van der Waals surface area (Å²) in [7, 11) is 0. The standard InChI is InChI=1S/C13H12BrNO2S/c1-9(15-16)12-4-2-3-5-13(12)17-7-11-6-10(14)8-18-11/h2-6,8,16H,7H2,1H3. The normalized spacial score (nSPS) is 11.6. The van der Waals surface area contributed by atoms with Gasteiger partial charge in [-0.05, 0) is 41.1 Å². The van der Waals surface area contributed by atoms with Gasteiger partial charge in [-0.3, -0.25) is 0 Å². The smallest absolute Gasteiger partial charge is 0.129 e. The molecule has 0 bridgehead atoms. The van der Waals surface area contributed by atoms with E-state index in [0.717, 1.165) is 20.7 Å². The summed E-state index contributed by atoms with van der Waals surface area (Å²) in [5.74, 6) is 0.720. The third-order valence-corrected chi connectivity index (χ3v) is 4.09. The number of benzene rings is 1. The van der Waals surface area contributed by atoms with Gasteiger partial charge < -0.3 is 9.94 Å². The maximum Gasteiger partial charge on any atom is 0.129 e. The molecule has 94 valence electrons.